The number of hydrogen-bond donors (Lipinski definition) is 1. The lowest BCUT2D eigenvalue weighted by Crippen LogP contribution is -2.30. The molecule has 0 heterocycles. The normalized spacial score (nSPS) is 18.9. The zero-order valence-corrected chi connectivity index (χ0v) is 10.5. The highest BCUT2D eigenvalue weighted by Crippen LogP contribution is 2.45. The number of methoxy groups -OCH3 is 1. The minimum atomic E-state index is -0.730. The van der Waals surface area contributed by atoms with Gasteiger partial charge >= 0.3 is 5.97 Å². The van der Waals surface area contributed by atoms with Crippen LogP contribution in [0.15, 0.2) is 18.2 Å². The van der Waals surface area contributed by atoms with E-state index < -0.39 is 11.4 Å². The zero-order chi connectivity index (χ0) is 12.6. The van der Waals surface area contributed by atoms with Gasteiger partial charge in [0.15, 0.2) is 0 Å². The summed E-state index contributed by atoms with van der Waals surface area (Å²) in [6.45, 7) is 3.61. The van der Waals surface area contributed by atoms with Crippen molar-refractivity contribution in [3.63, 3.8) is 0 Å². The Morgan fingerprint density at radius 1 is 1.47 bits per heavy atom. The van der Waals surface area contributed by atoms with Crippen LogP contribution in [0.3, 0.4) is 0 Å². The first kappa shape index (κ1) is 12.0. The van der Waals surface area contributed by atoms with E-state index in [4.69, 9.17) is 4.74 Å². The van der Waals surface area contributed by atoms with E-state index in [-0.39, 0.29) is 5.92 Å². The molecule has 1 N–H and O–H groups in total. The van der Waals surface area contributed by atoms with Crippen LogP contribution in [0.2, 0.25) is 0 Å². The number of ether oxygens (including phenoxy) is 1. The van der Waals surface area contributed by atoms with E-state index in [1.807, 2.05) is 18.2 Å². The van der Waals surface area contributed by atoms with Gasteiger partial charge in [0.05, 0.1) is 12.5 Å². The van der Waals surface area contributed by atoms with Gasteiger partial charge in [-0.15, -0.1) is 0 Å². The number of aliphatic carboxylic acids is 1. The fraction of sp³-hybridized carbons (Fsp3) is 0.500. The van der Waals surface area contributed by atoms with Crippen LogP contribution >= 0.6 is 0 Å². The Morgan fingerprint density at radius 2 is 2.18 bits per heavy atom. The van der Waals surface area contributed by atoms with E-state index in [0.29, 0.717) is 0 Å². The van der Waals surface area contributed by atoms with Crippen molar-refractivity contribution in [3.8, 4) is 5.75 Å². The van der Waals surface area contributed by atoms with Gasteiger partial charge < -0.3 is 9.84 Å². The van der Waals surface area contributed by atoms with Crippen molar-refractivity contribution in [1.29, 1.82) is 0 Å². The molecule has 92 valence electrons. The molecule has 2 rings (SSSR count). The fourth-order valence-corrected chi connectivity index (χ4v) is 2.62. The lowest BCUT2D eigenvalue weighted by atomic mass is 9.76. The minimum Gasteiger partial charge on any atom is -0.497 e. The third kappa shape index (κ3) is 1.90. The summed E-state index contributed by atoms with van der Waals surface area (Å²) in [7, 11) is 1.65. The number of aryl methyl sites for hydroxylation is 1. The van der Waals surface area contributed by atoms with E-state index in [9.17, 15) is 9.90 Å². The van der Waals surface area contributed by atoms with E-state index >= 15 is 0 Å². The van der Waals surface area contributed by atoms with Crippen molar-refractivity contribution in [3.05, 3.63) is 29.3 Å². The third-order valence-electron chi connectivity index (χ3n) is 3.85. The van der Waals surface area contributed by atoms with E-state index in [1.54, 1.807) is 21.0 Å². The largest absolute Gasteiger partial charge is 0.497 e. The van der Waals surface area contributed by atoms with E-state index in [0.717, 1.165) is 18.6 Å². The van der Waals surface area contributed by atoms with Crippen LogP contribution in [0, 0.1) is 5.41 Å². The standard InChI is InChI=1S/C14H18O3/c1-14(2,13(15)16)12-7-4-9-8-10(17-3)5-6-11(9)12/h5-6,8,12H,4,7H2,1-3H3,(H,15,16)/t12-/m1/s1. The molecule has 0 saturated carbocycles. The van der Waals surface area contributed by atoms with Gasteiger partial charge in [-0.1, -0.05) is 6.07 Å². The Bertz CT molecular complexity index is 449. The number of rotatable bonds is 3. The molecule has 0 aliphatic heterocycles. The molecule has 3 heteroatoms. The Kier molecular flexibility index (Phi) is 2.86. The topological polar surface area (TPSA) is 46.5 Å². The summed E-state index contributed by atoms with van der Waals surface area (Å²) in [5, 5.41) is 9.30. The number of fused-ring (bicyclic) bond motifs is 1. The lowest BCUT2D eigenvalue weighted by Gasteiger charge is -2.27. The molecular formula is C14H18O3. The monoisotopic (exact) mass is 234 g/mol. The Hall–Kier alpha value is -1.51. The van der Waals surface area contributed by atoms with Crippen LogP contribution < -0.4 is 4.74 Å². The molecule has 0 bridgehead atoms. The molecule has 0 radical (unpaired) electrons. The quantitative estimate of drug-likeness (QED) is 0.874. The molecule has 1 atom stereocenters. The maximum Gasteiger partial charge on any atom is 0.309 e. The molecule has 17 heavy (non-hydrogen) atoms. The van der Waals surface area contributed by atoms with Crippen molar-refractivity contribution < 1.29 is 14.6 Å². The van der Waals surface area contributed by atoms with Crippen LogP contribution in [0.5, 0.6) is 5.75 Å². The van der Waals surface area contributed by atoms with Gasteiger partial charge in [0.1, 0.15) is 5.75 Å². The van der Waals surface area contributed by atoms with Crippen LogP contribution in [0.4, 0.5) is 0 Å². The molecule has 0 spiro atoms. The molecule has 1 aromatic carbocycles. The van der Waals surface area contributed by atoms with Crippen molar-refractivity contribution in [2.45, 2.75) is 32.6 Å². The minimum absolute atomic E-state index is 0.0981. The van der Waals surface area contributed by atoms with Gasteiger partial charge in [-0.25, -0.2) is 0 Å². The van der Waals surface area contributed by atoms with E-state index in [2.05, 4.69) is 0 Å². The summed E-state index contributed by atoms with van der Waals surface area (Å²) in [6.07, 6.45) is 1.84. The van der Waals surface area contributed by atoms with Gasteiger partial charge in [0.2, 0.25) is 0 Å². The van der Waals surface area contributed by atoms with Crippen molar-refractivity contribution in [2.75, 3.05) is 7.11 Å². The summed E-state index contributed by atoms with van der Waals surface area (Å²) in [5.74, 6) is 0.213. The molecule has 0 unspecified atom stereocenters. The molecule has 0 aromatic heterocycles. The molecule has 0 amide bonds. The lowest BCUT2D eigenvalue weighted by molar-refractivity contribution is -0.148. The fourth-order valence-electron chi connectivity index (χ4n) is 2.62. The summed E-state index contributed by atoms with van der Waals surface area (Å²) >= 11 is 0. The third-order valence-corrected chi connectivity index (χ3v) is 3.85. The number of carboxylic acid groups (broad SMARTS) is 1. The summed E-state index contributed by atoms with van der Waals surface area (Å²) in [6, 6.07) is 5.94. The van der Waals surface area contributed by atoms with Crippen LogP contribution in [0.1, 0.15) is 37.3 Å². The zero-order valence-electron chi connectivity index (χ0n) is 10.5. The summed E-state index contributed by atoms with van der Waals surface area (Å²) in [5.41, 5.74) is 1.68. The molecule has 1 aromatic rings. The summed E-state index contributed by atoms with van der Waals surface area (Å²) < 4.78 is 5.19. The average Bonchev–Trinajstić information content (AvgIpc) is 2.71. The second-order valence-corrected chi connectivity index (χ2v) is 5.18. The molecular weight excluding hydrogens is 216 g/mol. The van der Waals surface area contributed by atoms with Gasteiger partial charge in [-0.2, -0.15) is 0 Å². The number of benzene rings is 1. The molecule has 1 aliphatic carbocycles. The highest BCUT2D eigenvalue weighted by Gasteiger charge is 2.41. The molecule has 0 saturated heterocycles. The van der Waals surface area contributed by atoms with Gasteiger partial charge in [0, 0.05) is 5.92 Å². The predicted molar refractivity (Wildman–Crippen MR) is 65.5 cm³/mol. The first-order valence-electron chi connectivity index (χ1n) is 5.87. The SMILES string of the molecule is COc1ccc2c(c1)CC[C@H]2C(C)(C)C(=O)O. The Morgan fingerprint density at radius 3 is 2.76 bits per heavy atom. The second kappa shape index (κ2) is 4.06. The highest BCUT2D eigenvalue weighted by molar-refractivity contribution is 5.75. The first-order chi connectivity index (χ1) is 7.96. The second-order valence-electron chi connectivity index (χ2n) is 5.18. The first-order valence-corrected chi connectivity index (χ1v) is 5.87. The van der Waals surface area contributed by atoms with Crippen molar-refractivity contribution >= 4 is 5.97 Å². The number of carboxylic acids is 1. The molecule has 1 aliphatic rings. The number of carbonyl (C=O) groups is 1. The summed E-state index contributed by atoms with van der Waals surface area (Å²) in [4.78, 5) is 11.3. The molecule has 3 nitrogen and oxygen atoms in total. The van der Waals surface area contributed by atoms with Crippen LogP contribution in [-0.4, -0.2) is 18.2 Å². The van der Waals surface area contributed by atoms with Gasteiger partial charge in [0.25, 0.3) is 0 Å². The maximum absolute atomic E-state index is 11.3. The Labute approximate surface area is 101 Å². The van der Waals surface area contributed by atoms with Crippen molar-refractivity contribution in [2.24, 2.45) is 5.41 Å². The maximum atomic E-state index is 11.3. The van der Waals surface area contributed by atoms with Gasteiger partial charge in [-0.05, 0) is 49.9 Å². The smallest absolute Gasteiger partial charge is 0.309 e. The Balaban J connectivity index is 2.38. The van der Waals surface area contributed by atoms with Gasteiger partial charge in [-0.3, -0.25) is 4.79 Å². The average molecular weight is 234 g/mol. The van der Waals surface area contributed by atoms with Crippen LogP contribution in [0.25, 0.3) is 0 Å². The highest BCUT2D eigenvalue weighted by atomic mass is 16.5. The van der Waals surface area contributed by atoms with E-state index in [1.165, 1.54) is 11.1 Å². The predicted octanol–water partition coefficient (Wildman–Crippen LogP) is 2.84. The van der Waals surface area contributed by atoms with Crippen LogP contribution in [-0.2, 0) is 11.2 Å². The molecule has 0 fully saturated rings. The number of hydrogen-bond acceptors (Lipinski definition) is 2. The van der Waals surface area contributed by atoms with Crippen molar-refractivity contribution in [1.82, 2.24) is 0 Å².